The summed E-state index contributed by atoms with van der Waals surface area (Å²) in [6.45, 7) is 0.295. The number of hydrogen-bond donors (Lipinski definition) is 2. The number of rotatable bonds is 6. The first-order chi connectivity index (χ1) is 9.56. The molecule has 1 aromatic carbocycles. The van der Waals surface area contributed by atoms with E-state index in [2.05, 4.69) is 15.5 Å². The molecule has 104 valence electrons. The third-order valence-corrected chi connectivity index (χ3v) is 2.67. The summed E-state index contributed by atoms with van der Waals surface area (Å²) in [5, 5.41) is 28.6. The summed E-state index contributed by atoms with van der Waals surface area (Å²) in [4.78, 5) is 21.4. The van der Waals surface area contributed by atoms with E-state index in [1.165, 1.54) is 16.8 Å². The number of aryl methyl sites for hydroxylation is 1. The largest absolute Gasteiger partial charge is 0.481 e. The molecule has 2 rings (SSSR count). The van der Waals surface area contributed by atoms with E-state index in [9.17, 15) is 9.59 Å². The van der Waals surface area contributed by atoms with Gasteiger partial charge in [0.05, 0.1) is 18.5 Å². The number of hydrogen-bond acceptors (Lipinski definition) is 5. The fraction of sp³-hybridized carbons (Fsp3) is 0.250. The Hall–Kier alpha value is -2.77. The van der Waals surface area contributed by atoms with Crippen LogP contribution in [0.25, 0.3) is 0 Å². The summed E-state index contributed by atoms with van der Waals surface area (Å²) >= 11 is 0. The maximum Gasteiger partial charge on any atom is 0.335 e. The van der Waals surface area contributed by atoms with E-state index in [0.29, 0.717) is 12.4 Å². The second-order valence-corrected chi connectivity index (χ2v) is 4.15. The lowest BCUT2D eigenvalue weighted by molar-refractivity contribution is -0.137. The number of benzene rings is 1. The van der Waals surface area contributed by atoms with Crippen LogP contribution in [0.4, 0.5) is 0 Å². The molecule has 0 saturated carbocycles. The first-order valence-electron chi connectivity index (χ1n) is 5.85. The van der Waals surface area contributed by atoms with E-state index in [-0.39, 0.29) is 18.4 Å². The van der Waals surface area contributed by atoms with Gasteiger partial charge in [-0.3, -0.25) is 4.79 Å². The number of aromatic carboxylic acids is 1. The van der Waals surface area contributed by atoms with Crippen LogP contribution in [-0.2, 0) is 17.8 Å². The van der Waals surface area contributed by atoms with Gasteiger partial charge in [0.2, 0.25) is 0 Å². The first kappa shape index (κ1) is 13.7. The molecule has 0 aliphatic carbocycles. The summed E-state index contributed by atoms with van der Waals surface area (Å²) in [6.07, 6.45) is 0.163. The van der Waals surface area contributed by atoms with Gasteiger partial charge < -0.3 is 10.2 Å². The molecule has 0 radical (unpaired) electrons. The number of tetrazole rings is 1. The van der Waals surface area contributed by atoms with Gasteiger partial charge >= 0.3 is 11.9 Å². The Balaban J connectivity index is 2.14. The van der Waals surface area contributed by atoms with E-state index < -0.39 is 11.9 Å². The van der Waals surface area contributed by atoms with Gasteiger partial charge in [0, 0.05) is 6.42 Å². The second kappa shape index (κ2) is 5.91. The summed E-state index contributed by atoms with van der Waals surface area (Å²) in [5.74, 6) is -1.48. The standard InChI is InChI=1S/C12H12N4O4/c17-11(18)5-4-10-13-14-15-16(10)7-8-2-1-3-9(6-8)12(19)20/h1-3,6H,4-5,7H2,(H,17,18)(H,19,20). The molecular formula is C12H12N4O4. The molecule has 0 bridgehead atoms. The van der Waals surface area contributed by atoms with Crippen LogP contribution in [0.5, 0.6) is 0 Å². The lowest BCUT2D eigenvalue weighted by atomic mass is 10.1. The van der Waals surface area contributed by atoms with Gasteiger partial charge in [-0.15, -0.1) is 5.10 Å². The second-order valence-electron chi connectivity index (χ2n) is 4.15. The topological polar surface area (TPSA) is 118 Å². The zero-order chi connectivity index (χ0) is 14.5. The molecule has 0 amide bonds. The molecule has 0 saturated heterocycles. The normalized spacial score (nSPS) is 10.4. The van der Waals surface area contributed by atoms with E-state index in [1.807, 2.05) is 0 Å². The van der Waals surface area contributed by atoms with Gasteiger partial charge in [0.15, 0.2) is 5.82 Å². The highest BCUT2D eigenvalue weighted by Gasteiger charge is 2.10. The minimum Gasteiger partial charge on any atom is -0.481 e. The fourth-order valence-corrected chi connectivity index (χ4v) is 1.72. The zero-order valence-corrected chi connectivity index (χ0v) is 10.4. The minimum atomic E-state index is -1.00. The number of aromatic nitrogens is 4. The van der Waals surface area contributed by atoms with Crippen LogP contribution in [0.2, 0.25) is 0 Å². The Morgan fingerprint density at radius 1 is 1.25 bits per heavy atom. The zero-order valence-electron chi connectivity index (χ0n) is 10.4. The molecular weight excluding hydrogens is 264 g/mol. The van der Waals surface area contributed by atoms with Crippen molar-refractivity contribution in [1.29, 1.82) is 0 Å². The molecule has 0 atom stereocenters. The summed E-state index contributed by atoms with van der Waals surface area (Å²) in [6, 6.07) is 6.43. The molecule has 20 heavy (non-hydrogen) atoms. The maximum atomic E-state index is 10.9. The molecule has 1 aromatic heterocycles. The maximum absolute atomic E-state index is 10.9. The fourth-order valence-electron chi connectivity index (χ4n) is 1.72. The monoisotopic (exact) mass is 276 g/mol. The smallest absolute Gasteiger partial charge is 0.335 e. The first-order valence-corrected chi connectivity index (χ1v) is 5.85. The van der Waals surface area contributed by atoms with E-state index in [0.717, 1.165) is 5.56 Å². The van der Waals surface area contributed by atoms with E-state index >= 15 is 0 Å². The highest BCUT2D eigenvalue weighted by Crippen LogP contribution is 2.08. The van der Waals surface area contributed by atoms with Gasteiger partial charge in [-0.05, 0) is 28.1 Å². The minimum absolute atomic E-state index is 0.0600. The number of nitrogens with zero attached hydrogens (tertiary/aromatic N) is 4. The predicted octanol–water partition coefficient (Wildman–Crippen LogP) is 0.437. The Bertz CT molecular complexity index is 638. The lowest BCUT2D eigenvalue weighted by Crippen LogP contribution is -2.09. The molecule has 2 N–H and O–H groups in total. The predicted molar refractivity (Wildman–Crippen MR) is 66.3 cm³/mol. The van der Waals surface area contributed by atoms with Crippen LogP contribution in [0.3, 0.4) is 0 Å². The highest BCUT2D eigenvalue weighted by atomic mass is 16.4. The van der Waals surface area contributed by atoms with Crippen LogP contribution < -0.4 is 0 Å². The molecule has 0 unspecified atom stereocenters. The van der Waals surface area contributed by atoms with E-state index in [4.69, 9.17) is 10.2 Å². The number of carbonyl (C=O) groups is 2. The van der Waals surface area contributed by atoms with Crippen LogP contribution in [0.1, 0.15) is 28.2 Å². The quantitative estimate of drug-likeness (QED) is 0.785. The number of aliphatic carboxylic acids is 1. The SMILES string of the molecule is O=C(O)CCc1nnnn1Cc1cccc(C(=O)O)c1. The molecule has 0 aliphatic rings. The molecule has 2 aromatic rings. The summed E-state index contributed by atoms with van der Waals surface area (Å²) < 4.78 is 1.46. The van der Waals surface area contributed by atoms with Crippen molar-refractivity contribution in [3.05, 3.63) is 41.2 Å². The van der Waals surface area contributed by atoms with Gasteiger partial charge in [0.25, 0.3) is 0 Å². The van der Waals surface area contributed by atoms with Crippen molar-refractivity contribution in [3.8, 4) is 0 Å². The third kappa shape index (κ3) is 3.37. The Morgan fingerprint density at radius 2 is 2.05 bits per heavy atom. The molecule has 0 fully saturated rings. The molecule has 8 heteroatoms. The van der Waals surface area contributed by atoms with Gasteiger partial charge in [-0.25, -0.2) is 9.48 Å². The summed E-state index contributed by atoms with van der Waals surface area (Å²) in [5.41, 5.74) is 0.913. The average Bonchev–Trinajstić information content (AvgIpc) is 2.84. The van der Waals surface area contributed by atoms with Crippen molar-refractivity contribution < 1.29 is 19.8 Å². The molecule has 8 nitrogen and oxygen atoms in total. The Labute approximate surface area is 113 Å². The van der Waals surface area contributed by atoms with Gasteiger partial charge in [0.1, 0.15) is 0 Å². The van der Waals surface area contributed by atoms with Crippen molar-refractivity contribution in [2.24, 2.45) is 0 Å². The number of carboxylic acid groups (broad SMARTS) is 2. The van der Waals surface area contributed by atoms with Crippen molar-refractivity contribution in [2.75, 3.05) is 0 Å². The number of carboxylic acids is 2. The Kier molecular flexibility index (Phi) is 4.04. The van der Waals surface area contributed by atoms with Gasteiger partial charge in [-0.2, -0.15) is 0 Å². The van der Waals surface area contributed by atoms with Crippen molar-refractivity contribution in [1.82, 2.24) is 20.2 Å². The molecule has 0 aliphatic heterocycles. The van der Waals surface area contributed by atoms with Crippen LogP contribution in [0.15, 0.2) is 24.3 Å². The van der Waals surface area contributed by atoms with Crippen molar-refractivity contribution in [2.45, 2.75) is 19.4 Å². The van der Waals surface area contributed by atoms with Crippen molar-refractivity contribution in [3.63, 3.8) is 0 Å². The van der Waals surface area contributed by atoms with Crippen molar-refractivity contribution >= 4 is 11.9 Å². The Morgan fingerprint density at radius 3 is 2.75 bits per heavy atom. The van der Waals surface area contributed by atoms with Crippen LogP contribution in [-0.4, -0.2) is 42.4 Å². The average molecular weight is 276 g/mol. The van der Waals surface area contributed by atoms with Crippen LogP contribution >= 0.6 is 0 Å². The molecule has 1 heterocycles. The van der Waals surface area contributed by atoms with Gasteiger partial charge in [-0.1, -0.05) is 12.1 Å². The van der Waals surface area contributed by atoms with Crippen LogP contribution in [0, 0.1) is 0 Å². The third-order valence-electron chi connectivity index (χ3n) is 2.67. The lowest BCUT2D eigenvalue weighted by Gasteiger charge is -2.05. The molecule has 0 spiro atoms. The highest BCUT2D eigenvalue weighted by molar-refractivity contribution is 5.87. The van der Waals surface area contributed by atoms with E-state index in [1.54, 1.807) is 12.1 Å². The summed E-state index contributed by atoms with van der Waals surface area (Å²) in [7, 11) is 0.